The van der Waals surface area contributed by atoms with Gasteiger partial charge in [0.2, 0.25) is 11.2 Å². The minimum absolute atomic E-state index is 0.277. The Morgan fingerprint density at radius 1 is 0.773 bits per heavy atom. The fraction of sp³-hybridized carbons (Fsp3) is 0.875. The molecule has 0 aliphatic rings. The summed E-state index contributed by atoms with van der Waals surface area (Å²) in [5.41, 5.74) is -3.17. The minimum Gasteiger partial charge on any atom is -0.463 e. The lowest BCUT2D eigenvalue weighted by Gasteiger charge is -2.39. The molecule has 0 heterocycles. The fourth-order valence-electron chi connectivity index (χ4n) is 1.84. The Balaban J connectivity index is 5.14. The molecule has 0 saturated carbocycles. The molecule has 0 fully saturated rings. The summed E-state index contributed by atoms with van der Waals surface area (Å²) in [6, 6.07) is 0. The van der Waals surface area contributed by atoms with Crippen LogP contribution in [0.1, 0.15) is 53.4 Å². The number of esters is 2. The third-order valence-corrected chi connectivity index (χ3v) is 3.97. The second kappa shape index (κ2) is 9.79. The van der Waals surface area contributed by atoms with Gasteiger partial charge in [-0.15, -0.1) is 0 Å². The number of carbonyl (C=O) groups is 2. The van der Waals surface area contributed by atoms with E-state index in [4.69, 9.17) is 18.9 Å². The zero-order valence-corrected chi connectivity index (χ0v) is 14.7. The van der Waals surface area contributed by atoms with Gasteiger partial charge in [0.1, 0.15) is 0 Å². The first kappa shape index (κ1) is 20.9. The van der Waals surface area contributed by atoms with Gasteiger partial charge in [-0.3, -0.25) is 0 Å². The Morgan fingerprint density at radius 3 is 1.32 bits per heavy atom. The van der Waals surface area contributed by atoms with E-state index in [1.54, 1.807) is 0 Å². The standard InChI is InChI=1S/C16H30O6/c1-7-9-11-21-13(17)15(3,19-5)16(4,20-6)14(18)22-12-10-8-2/h7-12H2,1-6H3. The molecule has 0 saturated heterocycles. The van der Waals surface area contributed by atoms with E-state index in [1.165, 1.54) is 28.1 Å². The maximum absolute atomic E-state index is 12.4. The van der Waals surface area contributed by atoms with Crippen LogP contribution in [-0.2, 0) is 28.5 Å². The summed E-state index contributed by atoms with van der Waals surface area (Å²) >= 11 is 0. The van der Waals surface area contributed by atoms with Gasteiger partial charge in [0, 0.05) is 14.2 Å². The van der Waals surface area contributed by atoms with Gasteiger partial charge < -0.3 is 18.9 Å². The van der Waals surface area contributed by atoms with Crippen molar-refractivity contribution < 1.29 is 28.5 Å². The molecular formula is C16H30O6. The number of hydrogen-bond acceptors (Lipinski definition) is 6. The molecule has 0 rings (SSSR count). The van der Waals surface area contributed by atoms with Gasteiger partial charge in [0.25, 0.3) is 0 Å². The van der Waals surface area contributed by atoms with Crippen molar-refractivity contribution in [1.29, 1.82) is 0 Å². The summed E-state index contributed by atoms with van der Waals surface area (Å²) in [5, 5.41) is 0. The SMILES string of the molecule is CCCCOC(=O)C(C)(OC)C(C)(OC)C(=O)OCCCC. The maximum atomic E-state index is 12.4. The van der Waals surface area contributed by atoms with Crippen LogP contribution < -0.4 is 0 Å². The average molecular weight is 318 g/mol. The minimum atomic E-state index is -1.58. The molecule has 0 radical (unpaired) electrons. The van der Waals surface area contributed by atoms with E-state index < -0.39 is 23.1 Å². The highest BCUT2D eigenvalue weighted by molar-refractivity contribution is 5.92. The van der Waals surface area contributed by atoms with Crippen LogP contribution in [0, 0.1) is 0 Å². The average Bonchev–Trinajstić information content (AvgIpc) is 2.53. The van der Waals surface area contributed by atoms with Gasteiger partial charge in [-0.25, -0.2) is 9.59 Å². The molecule has 0 aromatic carbocycles. The summed E-state index contributed by atoms with van der Waals surface area (Å²) in [6.07, 6.45) is 3.29. The molecule has 0 aromatic heterocycles. The zero-order valence-electron chi connectivity index (χ0n) is 14.7. The quantitative estimate of drug-likeness (QED) is 0.430. The van der Waals surface area contributed by atoms with E-state index in [9.17, 15) is 9.59 Å². The third-order valence-electron chi connectivity index (χ3n) is 3.97. The lowest BCUT2D eigenvalue weighted by Crippen LogP contribution is -2.63. The van der Waals surface area contributed by atoms with E-state index in [-0.39, 0.29) is 13.2 Å². The molecule has 2 atom stereocenters. The molecule has 0 aromatic rings. The first-order valence-electron chi connectivity index (χ1n) is 7.78. The second-order valence-electron chi connectivity index (χ2n) is 5.45. The monoisotopic (exact) mass is 318 g/mol. The molecule has 130 valence electrons. The number of carbonyl (C=O) groups excluding carboxylic acids is 2. The van der Waals surface area contributed by atoms with Crippen LogP contribution in [0.5, 0.6) is 0 Å². The molecule has 2 unspecified atom stereocenters. The third kappa shape index (κ3) is 4.68. The first-order valence-corrected chi connectivity index (χ1v) is 7.78. The van der Waals surface area contributed by atoms with Crippen molar-refractivity contribution in [2.45, 2.75) is 64.6 Å². The van der Waals surface area contributed by atoms with Crippen molar-refractivity contribution in [2.75, 3.05) is 27.4 Å². The number of rotatable bonds is 11. The molecule has 0 N–H and O–H groups in total. The van der Waals surface area contributed by atoms with Crippen LogP contribution in [-0.4, -0.2) is 50.6 Å². The molecule has 6 heteroatoms. The van der Waals surface area contributed by atoms with E-state index >= 15 is 0 Å². The summed E-state index contributed by atoms with van der Waals surface area (Å²) < 4.78 is 21.0. The van der Waals surface area contributed by atoms with Gasteiger partial charge >= 0.3 is 11.9 Å². The highest BCUT2D eigenvalue weighted by Crippen LogP contribution is 2.32. The topological polar surface area (TPSA) is 71.1 Å². The molecule has 0 bridgehead atoms. The van der Waals surface area contributed by atoms with Crippen molar-refractivity contribution in [2.24, 2.45) is 0 Å². The molecule has 0 aliphatic heterocycles. The van der Waals surface area contributed by atoms with Gasteiger partial charge in [-0.1, -0.05) is 26.7 Å². The Hall–Kier alpha value is -1.14. The maximum Gasteiger partial charge on any atom is 0.341 e. The van der Waals surface area contributed by atoms with E-state index in [1.807, 2.05) is 13.8 Å². The molecule has 0 spiro atoms. The Morgan fingerprint density at radius 2 is 1.09 bits per heavy atom. The van der Waals surface area contributed by atoms with Crippen molar-refractivity contribution in [3.63, 3.8) is 0 Å². The molecule has 0 aliphatic carbocycles. The predicted molar refractivity (Wildman–Crippen MR) is 82.6 cm³/mol. The van der Waals surface area contributed by atoms with Crippen LogP contribution in [0.25, 0.3) is 0 Å². The molecule has 0 amide bonds. The van der Waals surface area contributed by atoms with Crippen LogP contribution in [0.3, 0.4) is 0 Å². The summed E-state index contributed by atoms with van der Waals surface area (Å²) in [6.45, 7) is 7.50. The van der Waals surface area contributed by atoms with E-state index in [0.717, 1.165) is 25.7 Å². The second-order valence-corrected chi connectivity index (χ2v) is 5.45. The molecule has 22 heavy (non-hydrogen) atoms. The van der Waals surface area contributed by atoms with E-state index in [0.29, 0.717) is 0 Å². The van der Waals surface area contributed by atoms with Crippen molar-refractivity contribution in [3.8, 4) is 0 Å². The number of hydrogen-bond donors (Lipinski definition) is 0. The summed E-state index contributed by atoms with van der Waals surface area (Å²) in [4.78, 5) is 24.8. The predicted octanol–water partition coefficient (Wildman–Crippen LogP) is 2.48. The Labute approximate surface area is 133 Å². The van der Waals surface area contributed by atoms with Gasteiger partial charge in [0.05, 0.1) is 13.2 Å². The van der Waals surface area contributed by atoms with Gasteiger partial charge in [-0.05, 0) is 26.7 Å². The van der Waals surface area contributed by atoms with Crippen LogP contribution in [0.2, 0.25) is 0 Å². The van der Waals surface area contributed by atoms with Gasteiger partial charge in [0.15, 0.2) is 0 Å². The lowest BCUT2D eigenvalue weighted by atomic mass is 9.85. The van der Waals surface area contributed by atoms with Gasteiger partial charge in [-0.2, -0.15) is 0 Å². The van der Waals surface area contributed by atoms with Crippen molar-refractivity contribution in [1.82, 2.24) is 0 Å². The lowest BCUT2D eigenvalue weighted by molar-refractivity contribution is -0.218. The zero-order chi connectivity index (χ0) is 17.2. The molecular weight excluding hydrogens is 288 g/mol. The largest absolute Gasteiger partial charge is 0.463 e. The first-order chi connectivity index (χ1) is 10.3. The molecule has 6 nitrogen and oxygen atoms in total. The highest BCUT2D eigenvalue weighted by atomic mass is 16.6. The van der Waals surface area contributed by atoms with Crippen molar-refractivity contribution >= 4 is 11.9 Å². The number of unbranched alkanes of at least 4 members (excludes halogenated alkanes) is 2. The van der Waals surface area contributed by atoms with Crippen LogP contribution in [0.15, 0.2) is 0 Å². The Kier molecular flexibility index (Phi) is 9.28. The fourth-order valence-corrected chi connectivity index (χ4v) is 1.84. The van der Waals surface area contributed by atoms with Crippen LogP contribution >= 0.6 is 0 Å². The van der Waals surface area contributed by atoms with E-state index in [2.05, 4.69) is 0 Å². The summed E-state index contributed by atoms with van der Waals surface area (Å²) in [5.74, 6) is -1.28. The normalized spacial score (nSPS) is 16.5. The number of ether oxygens (including phenoxy) is 4. The van der Waals surface area contributed by atoms with Crippen LogP contribution in [0.4, 0.5) is 0 Å². The Bertz CT molecular complexity index is 323. The smallest absolute Gasteiger partial charge is 0.341 e. The summed E-state index contributed by atoms with van der Waals surface area (Å²) in [7, 11) is 2.69. The number of methoxy groups -OCH3 is 2. The van der Waals surface area contributed by atoms with Crippen molar-refractivity contribution in [3.05, 3.63) is 0 Å². The highest BCUT2D eigenvalue weighted by Gasteiger charge is 2.59.